The average molecular weight is 216 g/mol. The van der Waals surface area contributed by atoms with Crippen LogP contribution in [0.25, 0.3) is 0 Å². The summed E-state index contributed by atoms with van der Waals surface area (Å²) in [6, 6.07) is 7.71. The molecule has 4 nitrogen and oxygen atoms in total. The summed E-state index contributed by atoms with van der Waals surface area (Å²) < 4.78 is 4.74. The Labute approximate surface area is 93.3 Å². The number of nitrogens with zero attached hydrogens (tertiary/aromatic N) is 1. The van der Waals surface area contributed by atoms with Gasteiger partial charge in [0.05, 0.1) is 0 Å². The summed E-state index contributed by atoms with van der Waals surface area (Å²) >= 11 is 0. The maximum Gasteiger partial charge on any atom is 0.277 e. The van der Waals surface area contributed by atoms with E-state index in [-0.39, 0.29) is 11.6 Å². The minimum Gasteiger partial charge on any atom is -0.451 e. The number of benzene rings is 1. The Hall–Kier alpha value is -2.10. The first-order chi connectivity index (χ1) is 7.79. The van der Waals surface area contributed by atoms with Crippen molar-refractivity contribution in [2.75, 3.05) is 5.32 Å². The average Bonchev–Trinajstić information content (AvgIpc) is 2.83. The van der Waals surface area contributed by atoms with Crippen molar-refractivity contribution in [1.29, 1.82) is 0 Å². The molecular weight excluding hydrogens is 204 g/mol. The molecule has 1 heterocycles. The van der Waals surface area contributed by atoms with E-state index in [0.29, 0.717) is 0 Å². The number of anilines is 1. The van der Waals surface area contributed by atoms with Crippen molar-refractivity contribution in [3.8, 4) is 0 Å². The Kier molecular flexibility index (Phi) is 3.00. The highest BCUT2D eigenvalue weighted by Gasteiger charge is 2.08. The van der Waals surface area contributed by atoms with Gasteiger partial charge in [-0.25, -0.2) is 4.98 Å². The van der Waals surface area contributed by atoms with Gasteiger partial charge in [-0.05, 0) is 24.1 Å². The van der Waals surface area contributed by atoms with Gasteiger partial charge in [0, 0.05) is 5.69 Å². The smallest absolute Gasteiger partial charge is 0.277 e. The second kappa shape index (κ2) is 4.61. The van der Waals surface area contributed by atoms with Crippen molar-refractivity contribution in [2.45, 2.75) is 13.3 Å². The van der Waals surface area contributed by atoms with Gasteiger partial charge in [0.15, 0.2) is 12.1 Å². The van der Waals surface area contributed by atoms with Crippen LogP contribution >= 0.6 is 0 Å². The molecule has 2 aromatic rings. The lowest BCUT2D eigenvalue weighted by Gasteiger charge is -2.03. The van der Waals surface area contributed by atoms with Gasteiger partial charge in [-0.3, -0.25) is 4.79 Å². The molecule has 0 saturated carbocycles. The zero-order valence-corrected chi connectivity index (χ0v) is 8.93. The van der Waals surface area contributed by atoms with Crippen molar-refractivity contribution in [3.63, 3.8) is 0 Å². The highest BCUT2D eigenvalue weighted by Crippen LogP contribution is 2.11. The largest absolute Gasteiger partial charge is 0.451 e. The number of hydrogen-bond donors (Lipinski definition) is 1. The number of carbonyl (C=O) groups excluding carboxylic acids is 1. The minimum atomic E-state index is -0.266. The minimum absolute atomic E-state index is 0.266. The summed E-state index contributed by atoms with van der Waals surface area (Å²) in [4.78, 5) is 15.4. The molecule has 0 aliphatic carbocycles. The lowest BCUT2D eigenvalue weighted by Crippen LogP contribution is -2.11. The molecule has 1 aromatic heterocycles. The van der Waals surface area contributed by atoms with Gasteiger partial charge in [-0.15, -0.1) is 0 Å². The number of amides is 1. The first-order valence-corrected chi connectivity index (χ1v) is 5.08. The molecule has 4 heteroatoms. The third kappa shape index (κ3) is 2.28. The van der Waals surface area contributed by atoms with Gasteiger partial charge in [0.25, 0.3) is 5.91 Å². The molecule has 0 saturated heterocycles. The van der Waals surface area contributed by atoms with E-state index in [2.05, 4.69) is 17.2 Å². The molecule has 0 aliphatic heterocycles. The quantitative estimate of drug-likeness (QED) is 0.857. The number of nitrogens with one attached hydrogen (secondary N) is 1. The highest BCUT2D eigenvalue weighted by atomic mass is 16.3. The van der Waals surface area contributed by atoms with Crippen LogP contribution in [0.4, 0.5) is 5.69 Å². The normalized spacial score (nSPS) is 10.1. The summed E-state index contributed by atoms with van der Waals surface area (Å²) in [7, 11) is 0. The zero-order valence-electron chi connectivity index (χ0n) is 8.93. The van der Waals surface area contributed by atoms with E-state index in [0.717, 1.165) is 12.1 Å². The van der Waals surface area contributed by atoms with E-state index in [1.807, 2.05) is 24.3 Å². The molecule has 16 heavy (non-hydrogen) atoms. The van der Waals surface area contributed by atoms with Gasteiger partial charge in [-0.2, -0.15) is 0 Å². The predicted octanol–water partition coefficient (Wildman–Crippen LogP) is 2.49. The molecule has 0 spiro atoms. The number of rotatable bonds is 3. The van der Waals surface area contributed by atoms with Crippen molar-refractivity contribution in [3.05, 3.63) is 48.2 Å². The molecule has 0 aliphatic rings. The molecule has 0 fully saturated rings. The van der Waals surface area contributed by atoms with Crippen molar-refractivity contribution in [1.82, 2.24) is 4.98 Å². The molecule has 0 radical (unpaired) electrons. The van der Waals surface area contributed by atoms with Crippen LogP contribution in [-0.4, -0.2) is 10.9 Å². The molecule has 0 unspecified atom stereocenters. The van der Waals surface area contributed by atoms with Crippen LogP contribution in [0.2, 0.25) is 0 Å². The molecule has 82 valence electrons. The number of carbonyl (C=O) groups is 1. The van der Waals surface area contributed by atoms with Gasteiger partial charge < -0.3 is 9.73 Å². The Balaban J connectivity index is 2.06. The SMILES string of the molecule is CCc1ccc(NC(=O)c2cocn2)cc1. The Morgan fingerprint density at radius 1 is 1.38 bits per heavy atom. The van der Waals surface area contributed by atoms with Crippen LogP contribution in [-0.2, 0) is 6.42 Å². The lowest BCUT2D eigenvalue weighted by molar-refractivity contribution is 0.102. The maximum absolute atomic E-state index is 11.6. The highest BCUT2D eigenvalue weighted by molar-refractivity contribution is 6.02. The van der Waals surface area contributed by atoms with Crippen molar-refractivity contribution < 1.29 is 9.21 Å². The van der Waals surface area contributed by atoms with Gasteiger partial charge >= 0.3 is 0 Å². The van der Waals surface area contributed by atoms with Crippen molar-refractivity contribution in [2.24, 2.45) is 0 Å². The van der Waals surface area contributed by atoms with Gasteiger partial charge in [0.2, 0.25) is 0 Å². The van der Waals surface area contributed by atoms with Crippen LogP contribution in [0.5, 0.6) is 0 Å². The predicted molar refractivity (Wildman–Crippen MR) is 60.3 cm³/mol. The van der Waals surface area contributed by atoms with E-state index in [1.165, 1.54) is 18.2 Å². The van der Waals surface area contributed by atoms with Crippen LogP contribution in [0.15, 0.2) is 41.3 Å². The topological polar surface area (TPSA) is 55.1 Å². The third-order valence-corrected chi connectivity index (χ3v) is 2.29. The summed E-state index contributed by atoms with van der Waals surface area (Å²) in [6.07, 6.45) is 3.53. The first kappa shape index (κ1) is 10.4. The first-order valence-electron chi connectivity index (χ1n) is 5.08. The third-order valence-electron chi connectivity index (χ3n) is 2.29. The Morgan fingerprint density at radius 3 is 2.69 bits per heavy atom. The molecular formula is C12H12N2O2. The van der Waals surface area contributed by atoms with Crippen LogP contribution in [0.3, 0.4) is 0 Å². The standard InChI is InChI=1S/C12H12N2O2/c1-2-9-3-5-10(6-4-9)14-12(15)11-7-16-8-13-11/h3-8H,2H2,1H3,(H,14,15). The fraction of sp³-hybridized carbons (Fsp3) is 0.167. The zero-order chi connectivity index (χ0) is 11.4. The van der Waals surface area contributed by atoms with Crippen LogP contribution < -0.4 is 5.32 Å². The summed E-state index contributed by atoms with van der Waals surface area (Å²) in [5.41, 5.74) is 2.27. The molecule has 1 amide bonds. The second-order valence-corrected chi connectivity index (χ2v) is 3.38. The van der Waals surface area contributed by atoms with E-state index in [4.69, 9.17) is 4.42 Å². The van der Waals surface area contributed by atoms with E-state index in [9.17, 15) is 4.79 Å². The van der Waals surface area contributed by atoms with Crippen LogP contribution in [0, 0.1) is 0 Å². The van der Waals surface area contributed by atoms with Crippen LogP contribution in [0.1, 0.15) is 23.0 Å². The summed E-state index contributed by atoms with van der Waals surface area (Å²) in [5, 5.41) is 2.73. The lowest BCUT2D eigenvalue weighted by atomic mass is 10.1. The Morgan fingerprint density at radius 2 is 2.12 bits per heavy atom. The van der Waals surface area contributed by atoms with E-state index < -0.39 is 0 Å². The number of oxazole rings is 1. The van der Waals surface area contributed by atoms with E-state index in [1.54, 1.807) is 0 Å². The number of aromatic nitrogens is 1. The maximum atomic E-state index is 11.6. The van der Waals surface area contributed by atoms with Gasteiger partial charge in [-0.1, -0.05) is 19.1 Å². The van der Waals surface area contributed by atoms with Gasteiger partial charge in [0.1, 0.15) is 6.26 Å². The molecule has 0 atom stereocenters. The molecule has 2 rings (SSSR count). The Bertz CT molecular complexity index is 460. The molecule has 0 bridgehead atoms. The van der Waals surface area contributed by atoms with Crippen molar-refractivity contribution >= 4 is 11.6 Å². The molecule has 1 aromatic carbocycles. The number of hydrogen-bond acceptors (Lipinski definition) is 3. The molecule has 1 N–H and O–H groups in total. The summed E-state index contributed by atoms with van der Waals surface area (Å²) in [5.74, 6) is -0.266. The fourth-order valence-corrected chi connectivity index (χ4v) is 1.34. The fourth-order valence-electron chi connectivity index (χ4n) is 1.34. The van der Waals surface area contributed by atoms with E-state index >= 15 is 0 Å². The monoisotopic (exact) mass is 216 g/mol. The second-order valence-electron chi connectivity index (χ2n) is 3.38. The summed E-state index contributed by atoms with van der Waals surface area (Å²) in [6.45, 7) is 2.09. The number of aryl methyl sites for hydroxylation is 1.